The highest BCUT2D eigenvalue weighted by atomic mass is 16.1. The fourth-order valence-electron chi connectivity index (χ4n) is 1.44. The molecule has 0 saturated carbocycles. The number of carbonyl (C=O) groups excluding carboxylic acids is 1. The first kappa shape index (κ1) is 11.0. The molecule has 1 atom stereocenters. The van der Waals surface area contributed by atoms with E-state index in [0.717, 1.165) is 17.7 Å². The van der Waals surface area contributed by atoms with Crippen molar-refractivity contribution in [1.82, 2.24) is 9.78 Å². The summed E-state index contributed by atoms with van der Waals surface area (Å²) in [5.41, 5.74) is 1.61. The second kappa shape index (κ2) is 4.40. The molecule has 14 heavy (non-hydrogen) atoms. The quantitative estimate of drug-likeness (QED) is 0.689. The van der Waals surface area contributed by atoms with Gasteiger partial charge in [0.1, 0.15) is 0 Å². The van der Waals surface area contributed by atoms with Crippen molar-refractivity contribution in [2.24, 2.45) is 13.0 Å². The number of hydrogen-bond donors (Lipinski definition) is 0. The average molecular weight is 194 g/mol. The van der Waals surface area contributed by atoms with E-state index in [9.17, 15) is 4.79 Å². The van der Waals surface area contributed by atoms with Gasteiger partial charge in [0, 0.05) is 19.7 Å². The van der Waals surface area contributed by atoms with Crippen LogP contribution < -0.4 is 0 Å². The highest BCUT2D eigenvalue weighted by Gasteiger charge is 2.14. The Labute approximate surface area is 85.1 Å². The minimum absolute atomic E-state index is 0.213. The molecule has 0 bridgehead atoms. The maximum Gasteiger partial charge on any atom is 0.166 e. The largest absolute Gasteiger partial charge is 0.294 e. The molecular formula is C11H18N2O. The van der Waals surface area contributed by atoms with Crippen LogP contribution >= 0.6 is 0 Å². The van der Waals surface area contributed by atoms with Crippen LogP contribution in [0.5, 0.6) is 0 Å². The Hall–Kier alpha value is -1.12. The van der Waals surface area contributed by atoms with Gasteiger partial charge in [-0.25, -0.2) is 0 Å². The van der Waals surface area contributed by atoms with Gasteiger partial charge in [0.15, 0.2) is 5.78 Å². The first-order chi connectivity index (χ1) is 6.54. The predicted molar refractivity (Wildman–Crippen MR) is 56.3 cm³/mol. The summed E-state index contributed by atoms with van der Waals surface area (Å²) < 4.78 is 1.69. The molecule has 1 aromatic rings. The van der Waals surface area contributed by atoms with E-state index in [1.807, 2.05) is 14.0 Å². The zero-order valence-corrected chi connectivity index (χ0v) is 9.37. The van der Waals surface area contributed by atoms with Crippen LogP contribution in [0.2, 0.25) is 0 Å². The normalized spacial score (nSPS) is 12.9. The molecule has 0 N–H and O–H groups in total. The summed E-state index contributed by atoms with van der Waals surface area (Å²) in [6.45, 7) is 6.08. The third kappa shape index (κ3) is 2.44. The van der Waals surface area contributed by atoms with E-state index < -0.39 is 0 Å². The first-order valence-corrected chi connectivity index (χ1v) is 5.08. The number of nitrogens with zero attached hydrogens (tertiary/aromatic N) is 2. The van der Waals surface area contributed by atoms with Gasteiger partial charge < -0.3 is 0 Å². The number of carbonyl (C=O) groups is 1. The molecule has 3 heteroatoms. The molecule has 3 nitrogen and oxygen atoms in total. The highest BCUT2D eigenvalue weighted by Crippen LogP contribution is 2.14. The smallest absolute Gasteiger partial charge is 0.166 e. The average Bonchev–Trinajstić information content (AvgIpc) is 2.45. The van der Waals surface area contributed by atoms with Crippen LogP contribution in [0.15, 0.2) is 6.20 Å². The number of aromatic nitrogens is 2. The third-order valence-corrected chi connectivity index (χ3v) is 2.54. The maximum atomic E-state index is 11.8. The molecule has 1 heterocycles. The van der Waals surface area contributed by atoms with Gasteiger partial charge in [-0.05, 0) is 12.8 Å². The highest BCUT2D eigenvalue weighted by molar-refractivity contribution is 5.96. The van der Waals surface area contributed by atoms with Gasteiger partial charge in [0.2, 0.25) is 0 Å². The molecule has 0 aliphatic rings. The minimum Gasteiger partial charge on any atom is -0.294 e. The molecule has 0 aromatic carbocycles. The standard InChI is InChI=1S/C11H18N2O/c1-5-8(2)6-11(14)10-7-13(4)12-9(10)3/h7-8H,5-6H2,1-4H3. The molecule has 1 aromatic heterocycles. The van der Waals surface area contributed by atoms with Gasteiger partial charge in [-0.15, -0.1) is 0 Å². The SMILES string of the molecule is CCC(C)CC(=O)c1cn(C)nc1C. The van der Waals surface area contributed by atoms with Gasteiger partial charge in [-0.3, -0.25) is 9.48 Å². The Morgan fingerprint density at radius 1 is 1.64 bits per heavy atom. The molecule has 0 spiro atoms. The number of aryl methyl sites for hydroxylation is 2. The molecule has 1 unspecified atom stereocenters. The molecule has 0 aliphatic heterocycles. The fourth-order valence-corrected chi connectivity index (χ4v) is 1.44. The van der Waals surface area contributed by atoms with Crippen LogP contribution in [-0.2, 0) is 7.05 Å². The van der Waals surface area contributed by atoms with Crippen LogP contribution in [0.3, 0.4) is 0 Å². The lowest BCUT2D eigenvalue weighted by Crippen LogP contribution is -2.05. The summed E-state index contributed by atoms with van der Waals surface area (Å²) in [6, 6.07) is 0. The molecule has 0 saturated heterocycles. The number of ketones is 1. The fraction of sp³-hybridized carbons (Fsp3) is 0.636. The Kier molecular flexibility index (Phi) is 3.44. The van der Waals surface area contributed by atoms with E-state index in [1.54, 1.807) is 10.9 Å². The zero-order valence-electron chi connectivity index (χ0n) is 9.37. The van der Waals surface area contributed by atoms with Crippen molar-refractivity contribution in [1.29, 1.82) is 0 Å². The maximum absolute atomic E-state index is 11.8. The molecule has 0 aliphatic carbocycles. The van der Waals surface area contributed by atoms with Crippen molar-refractivity contribution >= 4 is 5.78 Å². The Morgan fingerprint density at radius 2 is 2.29 bits per heavy atom. The molecule has 1 rings (SSSR count). The first-order valence-electron chi connectivity index (χ1n) is 5.08. The van der Waals surface area contributed by atoms with E-state index in [4.69, 9.17) is 0 Å². The minimum atomic E-state index is 0.213. The zero-order chi connectivity index (χ0) is 10.7. The Balaban J connectivity index is 2.74. The topological polar surface area (TPSA) is 34.9 Å². The molecule has 0 fully saturated rings. The lowest BCUT2D eigenvalue weighted by atomic mass is 9.98. The predicted octanol–water partition coefficient (Wildman–Crippen LogP) is 2.35. The van der Waals surface area contributed by atoms with E-state index in [2.05, 4.69) is 18.9 Å². The summed E-state index contributed by atoms with van der Waals surface area (Å²) in [5.74, 6) is 0.673. The van der Waals surface area contributed by atoms with Crippen molar-refractivity contribution < 1.29 is 4.79 Å². The lowest BCUT2D eigenvalue weighted by molar-refractivity contribution is 0.0963. The molecular weight excluding hydrogens is 176 g/mol. The third-order valence-electron chi connectivity index (χ3n) is 2.54. The van der Waals surface area contributed by atoms with Crippen molar-refractivity contribution in [3.8, 4) is 0 Å². The van der Waals surface area contributed by atoms with Crippen LogP contribution in [0.4, 0.5) is 0 Å². The van der Waals surface area contributed by atoms with Crippen LogP contribution in [-0.4, -0.2) is 15.6 Å². The number of Topliss-reactive ketones (excluding diaryl/α,β-unsaturated/α-hetero) is 1. The van der Waals surface area contributed by atoms with Crippen molar-refractivity contribution in [3.63, 3.8) is 0 Å². The lowest BCUT2D eigenvalue weighted by Gasteiger charge is -2.05. The van der Waals surface area contributed by atoms with Crippen LogP contribution in [0, 0.1) is 12.8 Å². The summed E-state index contributed by atoms with van der Waals surface area (Å²) in [6.07, 6.45) is 3.48. The second-order valence-electron chi connectivity index (χ2n) is 3.94. The van der Waals surface area contributed by atoms with Gasteiger partial charge in [0.05, 0.1) is 11.3 Å². The number of rotatable bonds is 4. The number of hydrogen-bond acceptors (Lipinski definition) is 2. The van der Waals surface area contributed by atoms with Gasteiger partial charge >= 0.3 is 0 Å². The molecule has 0 radical (unpaired) electrons. The summed E-state index contributed by atoms with van der Waals surface area (Å²) in [5, 5.41) is 4.16. The Bertz CT molecular complexity index is 328. The summed E-state index contributed by atoms with van der Waals surface area (Å²) in [4.78, 5) is 11.8. The van der Waals surface area contributed by atoms with Crippen molar-refractivity contribution in [2.75, 3.05) is 0 Å². The molecule has 0 amide bonds. The van der Waals surface area contributed by atoms with E-state index in [-0.39, 0.29) is 5.78 Å². The Morgan fingerprint density at radius 3 is 2.71 bits per heavy atom. The van der Waals surface area contributed by atoms with Gasteiger partial charge in [-0.1, -0.05) is 20.3 Å². The van der Waals surface area contributed by atoms with Crippen molar-refractivity contribution in [2.45, 2.75) is 33.6 Å². The summed E-state index contributed by atoms with van der Waals surface area (Å²) in [7, 11) is 1.84. The second-order valence-corrected chi connectivity index (χ2v) is 3.94. The van der Waals surface area contributed by atoms with E-state index in [0.29, 0.717) is 12.3 Å². The van der Waals surface area contributed by atoms with E-state index in [1.165, 1.54) is 0 Å². The summed E-state index contributed by atoms with van der Waals surface area (Å²) >= 11 is 0. The van der Waals surface area contributed by atoms with Gasteiger partial charge in [-0.2, -0.15) is 5.10 Å². The van der Waals surface area contributed by atoms with Crippen LogP contribution in [0.1, 0.15) is 42.7 Å². The van der Waals surface area contributed by atoms with Crippen molar-refractivity contribution in [3.05, 3.63) is 17.5 Å². The van der Waals surface area contributed by atoms with E-state index >= 15 is 0 Å². The van der Waals surface area contributed by atoms with Gasteiger partial charge in [0.25, 0.3) is 0 Å². The molecule has 78 valence electrons. The monoisotopic (exact) mass is 194 g/mol. The van der Waals surface area contributed by atoms with Crippen LogP contribution in [0.25, 0.3) is 0 Å².